The molecule has 1 radical (unpaired) electrons. The maximum absolute atomic E-state index is 4.25. The maximum Gasteiger partial charge on any atom is 0.223 e. The van der Waals surface area contributed by atoms with Gasteiger partial charge in [0.25, 0.3) is 0 Å². The highest BCUT2D eigenvalue weighted by Gasteiger charge is 2.05. The normalized spacial score (nSPS) is 9.47. The van der Waals surface area contributed by atoms with Crippen LogP contribution in [0.1, 0.15) is 5.69 Å². The Balaban J connectivity index is 2.43. The number of aryl methyl sites for hydroxylation is 1. The molecule has 0 unspecified atom stereocenters. The fourth-order valence-corrected chi connectivity index (χ4v) is 1.11. The van der Waals surface area contributed by atoms with Gasteiger partial charge in [0.15, 0.2) is 0 Å². The zero-order valence-corrected chi connectivity index (χ0v) is 8.18. The number of rotatable bonds is 1. The smallest absolute Gasteiger partial charge is 0.223 e. The van der Waals surface area contributed by atoms with Crippen LogP contribution in [0.4, 0.5) is 0 Å². The molecule has 0 aliphatic heterocycles. The van der Waals surface area contributed by atoms with E-state index in [0.29, 0.717) is 17.2 Å². The molecule has 0 saturated heterocycles. The topological polar surface area (TPSA) is 56.5 Å². The first kappa shape index (κ1) is 9.34. The van der Waals surface area contributed by atoms with Crippen LogP contribution in [-0.4, -0.2) is 25.2 Å². The lowest BCUT2D eigenvalue weighted by atomic mass is 10.3. The van der Waals surface area contributed by atoms with Gasteiger partial charge in [-0.05, 0) is 23.3 Å². The molecule has 0 spiro atoms. The molecule has 0 aromatic carbocycles. The van der Waals surface area contributed by atoms with Gasteiger partial charge in [-0.3, -0.25) is 0 Å². The van der Waals surface area contributed by atoms with E-state index in [1.807, 2.05) is 12.1 Å². The summed E-state index contributed by atoms with van der Waals surface area (Å²) in [6.07, 6.45) is 0. The van der Waals surface area contributed by atoms with E-state index in [9.17, 15) is 0 Å². The molecule has 5 nitrogen and oxygen atoms in total. The standard InChI is InChI=1S/C10H8N5/c1-3-5-8-6-4-7-9(11-8)10-12-14-15(2)13-10/h4,6-7H,1H2,2H3. The third kappa shape index (κ3) is 1.99. The Kier molecular flexibility index (Phi) is 2.42. The van der Waals surface area contributed by atoms with Gasteiger partial charge in [0.05, 0.1) is 7.05 Å². The Bertz CT molecular complexity index is 532. The average molecular weight is 198 g/mol. The summed E-state index contributed by atoms with van der Waals surface area (Å²) in [6, 6.07) is 5.46. The molecule has 0 saturated carbocycles. The Morgan fingerprint density at radius 2 is 2.27 bits per heavy atom. The van der Waals surface area contributed by atoms with Crippen molar-refractivity contribution in [1.29, 1.82) is 0 Å². The number of pyridine rings is 1. The lowest BCUT2D eigenvalue weighted by Crippen LogP contribution is -1.93. The van der Waals surface area contributed by atoms with Crippen LogP contribution in [0.3, 0.4) is 0 Å². The molecular formula is C10H8N5. The van der Waals surface area contributed by atoms with Crippen LogP contribution in [0.2, 0.25) is 0 Å². The van der Waals surface area contributed by atoms with E-state index < -0.39 is 0 Å². The van der Waals surface area contributed by atoms with Crippen LogP contribution in [0, 0.1) is 18.8 Å². The summed E-state index contributed by atoms with van der Waals surface area (Å²) < 4.78 is 0. The van der Waals surface area contributed by atoms with Crippen LogP contribution in [0.25, 0.3) is 11.5 Å². The summed E-state index contributed by atoms with van der Waals surface area (Å²) >= 11 is 0. The molecule has 2 heterocycles. The molecule has 0 N–H and O–H groups in total. The quantitative estimate of drug-likeness (QED) is 0.624. The lowest BCUT2D eigenvalue weighted by molar-refractivity contribution is 0.630. The van der Waals surface area contributed by atoms with Crippen molar-refractivity contribution in [1.82, 2.24) is 25.2 Å². The van der Waals surface area contributed by atoms with Crippen molar-refractivity contribution >= 4 is 0 Å². The summed E-state index contributed by atoms with van der Waals surface area (Å²) in [5, 5.41) is 11.6. The van der Waals surface area contributed by atoms with Gasteiger partial charge in [-0.1, -0.05) is 12.0 Å². The third-order valence-electron chi connectivity index (χ3n) is 1.70. The van der Waals surface area contributed by atoms with E-state index in [4.69, 9.17) is 0 Å². The first-order valence-corrected chi connectivity index (χ1v) is 4.29. The van der Waals surface area contributed by atoms with Gasteiger partial charge in [0.1, 0.15) is 11.4 Å². The molecular weight excluding hydrogens is 190 g/mol. The first-order chi connectivity index (χ1) is 7.29. The molecule has 0 fully saturated rings. The minimum atomic E-state index is 0.491. The predicted octanol–water partition coefficient (Wildman–Crippen LogP) is 0.458. The zero-order chi connectivity index (χ0) is 10.7. The number of aromatic nitrogens is 5. The second kappa shape index (κ2) is 3.88. The largest absolute Gasteiger partial charge is 0.236 e. The van der Waals surface area contributed by atoms with E-state index in [1.54, 1.807) is 13.1 Å². The summed E-state index contributed by atoms with van der Waals surface area (Å²) in [4.78, 5) is 5.64. The number of hydrogen-bond donors (Lipinski definition) is 0. The van der Waals surface area contributed by atoms with Gasteiger partial charge in [-0.15, -0.1) is 10.2 Å². The van der Waals surface area contributed by atoms with Gasteiger partial charge >= 0.3 is 0 Å². The molecule has 73 valence electrons. The Labute approximate surface area is 87.2 Å². The van der Waals surface area contributed by atoms with Crippen molar-refractivity contribution in [2.75, 3.05) is 0 Å². The molecule has 5 heteroatoms. The summed E-state index contributed by atoms with van der Waals surface area (Å²) in [6.45, 7) is 3.44. The second-order valence-electron chi connectivity index (χ2n) is 2.81. The molecule has 0 aliphatic carbocycles. The van der Waals surface area contributed by atoms with Crippen molar-refractivity contribution in [3.63, 3.8) is 0 Å². The minimum Gasteiger partial charge on any atom is -0.236 e. The molecule has 0 bridgehead atoms. The number of tetrazole rings is 1. The lowest BCUT2D eigenvalue weighted by Gasteiger charge is -1.93. The van der Waals surface area contributed by atoms with E-state index in [1.165, 1.54) is 4.80 Å². The van der Waals surface area contributed by atoms with Gasteiger partial charge in [-0.2, -0.15) is 4.80 Å². The molecule has 2 aromatic heterocycles. The Morgan fingerprint density at radius 1 is 1.40 bits per heavy atom. The van der Waals surface area contributed by atoms with Crippen LogP contribution in [-0.2, 0) is 7.05 Å². The van der Waals surface area contributed by atoms with E-state index in [-0.39, 0.29) is 0 Å². The average Bonchev–Trinajstić information content (AvgIpc) is 2.66. The molecule has 15 heavy (non-hydrogen) atoms. The van der Waals surface area contributed by atoms with Crippen LogP contribution in [0.5, 0.6) is 0 Å². The zero-order valence-electron chi connectivity index (χ0n) is 8.18. The highest BCUT2D eigenvalue weighted by Crippen LogP contribution is 2.09. The molecule has 0 atom stereocenters. The highest BCUT2D eigenvalue weighted by atomic mass is 15.6. The summed E-state index contributed by atoms with van der Waals surface area (Å²) in [7, 11) is 1.70. The van der Waals surface area contributed by atoms with Crippen LogP contribution >= 0.6 is 0 Å². The van der Waals surface area contributed by atoms with Crippen molar-refractivity contribution in [2.45, 2.75) is 0 Å². The molecule has 2 aromatic rings. The molecule has 2 rings (SSSR count). The number of nitrogens with zero attached hydrogens (tertiary/aromatic N) is 5. The van der Waals surface area contributed by atoms with E-state index >= 15 is 0 Å². The van der Waals surface area contributed by atoms with Gasteiger partial charge < -0.3 is 0 Å². The SMILES string of the molecule is [CH2]C#Cc1cccc(-c2nnn(C)n2)n1. The van der Waals surface area contributed by atoms with Crippen LogP contribution in [0.15, 0.2) is 18.2 Å². The molecule has 0 amide bonds. The van der Waals surface area contributed by atoms with E-state index in [0.717, 1.165) is 0 Å². The minimum absolute atomic E-state index is 0.491. The maximum atomic E-state index is 4.25. The Morgan fingerprint density at radius 3 is 2.93 bits per heavy atom. The van der Waals surface area contributed by atoms with E-state index in [2.05, 4.69) is 39.2 Å². The van der Waals surface area contributed by atoms with Crippen LogP contribution < -0.4 is 0 Å². The number of hydrogen-bond acceptors (Lipinski definition) is 4. The van der Waals surface area contributed by atoms with Gasteiger partial charge in [0, 0.05) is 6.92 Å². The summed E-state index contributed by atoms with van der Waals surface area (Å²) in [5.41, 5.74) is 1.30. The van der Waals surface area contributed by atoms with Gasteiger partial charge in [-0.25, -0.2) is 4.98 Å². The predicted molar refractivity (Wildman–Crippen MR) is 54.3 cm³/mol. The second-order valence-corrected chi connectivity index (χ2v) is 2.81. The fraction of sp³-hybridized carbons (Fsp3) is 0.100. The third-order valence-corrected chi connectivity index (χ3v) is 1.70. The molecule has 0 aliphatic rings. The van der Waals surface area contributed by atoms with Crippen molar-refractivity contribution in [3.8, 4) is 23.4 Å². The van der Waals surface area contributed by atoms with Crippen molar-refractivity contribution in [3.05, 3.63) is 30.8 Å². The van der Waals surface area contributed by atoms with Crippen molar-refractivity contribution < 1.29 is 0 Å². The van der Waals surface area contributed by atoms with Crippen molar-refractivity contribution in [2.24, 2.45) is 7.05 Å². The summed E-state index contributed by atoms with van der Waals surface area (Å²) in [5.74, 6) is 5.80. The van der Waals surface area contributed by atoms with Gasteiger partial charge in [0.2, 0.25) is 5.82 Å². The Hall–Kier alpha value is -2.22. The fourth-order valence-electron chi connectivity index (χ4n) is 1.11. The monoisotopic (exact) mass is 198 g/mol. The highest BCUT2D eigenvalue weighted by molar-refractivity contribution is 5.49. The first-order valence-electron chi connectivity index (χ1n) is 4.29.